The van der Waals surface area contributed by atoms with Crippen molar-refractivity contribution in [1.29, 1.82) is 0 Å². The number of amides is 2. The van der Waals surface area contributed by atoms with Gasteiger partial charge in [0.1, 0.15) is 11.6 Å². The number of nitrogens with zero attached hydrogens (tertiary/aromatic N) is 2. The lowest BCUT2D eigenvalue weighted by molar-refractivity contribution is 0.0698. The molecule has 2 amide bonds. The lowest BCUT2D eigenvalue weighted by atomic mass is 10.0. The van der Waals surface area contributed by atoms with E-state index < -0.39 is 17.5 Å². The van der Waals surface area contributed by atoms with Crippen LogP contribution in [0.3, 0.4) is 0 Å². The molecule has 0 aliphatic carbocycles. The summed E-state index contributed by atoms with van der Waals surface area (Å²) >= 11 is 0. The van der Waals surface area contributed by atoms with Gasteiger partial charge in [0.2, 0.25) is 0 Å². The molecule has 3 aromatic rings. The molecule has 0 spiro atoms. The average molecular weight is 409 g/mol. The van der Waals surface area contributed by atoms with Crippen molar-refractivity contribution in [2.75, 3.05) is 13.1 Å². The molecule has 4 rings (SSSR count). The summed E-state index contributed by atoms with van der Waals surface area (Å²) in [5.74, 6) is -2.23. The van der Waals surface area contributed by atoms with E-state index in [0.29, 0.717) is 37.6 Å². The van der Waals surface area contributed by atoms with E-state index in [1.807, 2.05) is 53.4 Å². The fourth-order valence-electron chi connectivity index (χ4n) is 3.63. The van der Waals surface area contributed by atoms with Crippen LogP contribution in [-0.4, -0.2) is 40.4 Å². The molecule has 30 heavy (non-hydrogen) atoms. The molecule has 5 nitrogen and oxygen atoms in total. The summed E-state index contributed by atoms with van der Waals surface area (Å²) in [5, 5.41) is 2.78. The van der Waals surface area contributed by atoms with E-state index in [1.165, 1.54) is 0 Å². The largest absolute Gasteiger partial charge is 0.349 e. The third-order valence-corrected chi connectivity index (χ3v) is 5.31. The van der Waals surface area contributed by atoms with Crippen molar-refractivity contribution in [2.45, 2.75) is 18.9 Å². The second-order valence-corrected chi connectivity index (χ2v) is 7.30. The number of aromatic nitrogens is 1. The van der Waals surface area contributed by atoms with Crippen molar-refractivity contribution >= 4 is 11.8 Å². The van der Waals surface area contributed by atoms with Gasteiger partial charge in [-0.15, -0.1) is 0 Å². The molecule has 0 atom stereocenters. The molecular weight excluding hydrogens is 388 g/mol. The van der Waals surface area contributed by atoms with Gasteiger partial charge in [-0.05, 0) is 61.4 Å². The Balaban J connectivity index is 1.32. The highest BCUT2D eigenvalue weighted by atomic mass is 19.1. The van der Waals surface area contributed by atoms with E-state index >= 15 is 0 Å². The topological polar surface area (TPSA) is 54.3 Å². The highest BCUT2D eigenvalue weighted by Gasteiger charge is 2.25. The SMILES string of the molecule is O=C(NC1CCN(C(=O)c2ccc(-n3cccc3)cc2)CC1)c1ccc(F)cc1F. The van der Waals surface area contributed by atoms with Crippen molar-refractivity contribution < 1.29 is 18.4 Å². The zero-order chi connectivity index (χ0) is 21.1. The Labute approximate surface area is 172 Å². The van der Waals surface area contributed by atoms with Crippen LogP contribution < -0.4 is 5.32 Å². The maximum atomic E-state index is 13.8. The maximum absolute atomic E-state index is 13.8. The second kappa shape index (κ2) is 8.49. The van der Waals surface area contributed by atoms with Crippen molar-refractivity contribution in [3.05, 3.63) is 89.8 Å². The normalized spacial score (nSPS) is 14.5. The van der Waals surface area contributed by atoms with Crippen LogP contribution >= 0.6 is 0 Å². The first kappa shape index (κ1) is 19.8. The Bertz CT molecular complexity index is 1040. The molecule has 2 aromatic carbocycles. The van der Waals surface area contributed by atoms with Gasteiger partial charge in [-0.1, -0.05) is 0 Å². The standard InChI is InChI=1S/C23H21F2N3O2/c24-17-5-8-20(21(25)15-17)22(29)26-18-9-13-28(14-10-18)23(30)16-3-6-19(7-4-16)27-11-1-2-12-27/h1-8,11-12,15,18H,9-10,13-14H2,(H,26,29). The Morgan fingerprint density at radius 1 is 0.933 bits per heavy atom. The predicted octanol–water partition coefficient (Wildman–Crippen LogP) is 3.79. The number of carbonyl (C=O) groups excluding carboxylic acids is 2. The van der Waals surface area contributed by atoms with Gasteiger partial charge in [-0.3, -0.25) is 9.59 Å². The minimum Gasteiger partial charge on any atom is -0.349 e. The van der Waals surface area contributed by atoms with Crippen LogP contribution in [0, 0.1) is 11.6 Å². The van der Waals surface area contributed by atoms with Crippen molar-refractivity contribution in [3.8, 4) is 5.69 Å². The fourth-order valence-corrected chi connectivity index (χ4v) is 3.63. The summed E-state index contributed by atoms with van der Waals surface area (Å²) in [6.45, 7) is 0.990. The third-order valence-electron chi connectivity index (χ3n) is 5.31. The summed E-state index contributed by atoms with van der Waals surface area (Å²) < 4.78 is 28.7. The molecule has 7 heteroatoms. The minimum atomic E-state index is -0.886. The molecule has 0 saturated carbocycles. The number of hydrogen-bond acceptors (Lipinski definition) is 2. The highest BCUT2D eigenvalue weighted by Crippen LogP contribution is 2.17. The molecular formula is C23H21F2N3O2. The van der Waals surface area contributed by atoms with Crippen LogP contribution in [-0.2, 0) is 0 Å². The zero-order valence-corrected chi connectivity index (χ0v) is 16.2. The molecule has 2 heterocycles. The van der Waals surface area contributed by atoms with Crippen molar-refractivity contribution in [1.82, 2.24) is 14.8 Å². The number of nitrogens with one attached hydrogen (secondary N) is 1. The van der Waals surface area contributed by atoms with Gasteiger partial charge in [0.15, 0.2) is 0 Å². The van der Waals surface area contributed by atoms with Gasteiger partial charge >= 0.3 is 0 Å². The minimum absolute atomic E-state index is 0.0524. The molecule has 1 saturated heterocycles. The van der Waals surface area contributed by atoms with Crippen LogP contribution in [0.5, 0.6) is 0 Å². The van der Waals surface area contributed by atoms with E-state index in [1.54, 1.807) is 4.90 Å². The Hall–Kier alpha value is -3.48. The smallest absolute Gasteiger partial charge is 0.254 e. The molecule has 1 fully saturated rings. The van der Waals surface area contributed by atoms with Crippen LogP contribution in [0.4, 0.5) is 8.78 Å². The molecule has 1 aliphatic rings. The molecule has 1 aliphatic heterocycles. The Kier molecular flexibility index (Phi) is 5.61. The third kappa shape index (κ3) is 4.25. The summed E-state index contributed by atoms with van der Waals surface area (Å²) in [5.41, 5.74) is 1.41. The molecule has 0 radical (unpaired) electrons. The molecule has 0 unspecified atom stereocenters. The van der Waals surface area contributed by atoms with Crippen LogP contribution in [0.1, 0.15) is 33.6 Å². The number of benzene rings is 2. The first-order valence-electron chi connectivity index (χ1n) is 9.80. The van der Waals surface area contributed by atoms with Gasteiger partial charge in [0, 0.05) is 48.8 Å². The molecule has 154 valence electrons. The lowest BCUT2D eigenvalue weighted by Gasteiger charge is -2.32. The van der Waals surface area contributed by atoms with Crippen LogP contribution in [0.25, 0.3) is 5.69 Å². The number of rotatable bonds is 4. The van der Waals surface area contributed by atoms with Crippen LogP contribution in [0.2, 0.25) is 0 Å². The first-order valence-corrected chi connectivity index (χ1v) is 9.80. The highest BCUT2D eigenvalue weighted by molar-refractivity contribution is 5.95. The average Bonchev–Trinajstić information content (AvgIpc) is 3.29. The summed E-state index contributed by atoms with van der Waals surface area (Å²) in [4.78, 5) is 26.8. The van der Waals surface area contributed by atoms with E-state index in [-0.39, 0.29) is 17.5 Å². The Morgan fingerprint density at radius 2 is 1.60 bits per heavy atom. The molecule has 0 bridgehead atoms. The summed E-state index contributed by atoms with van der Waals surface area (Å²) in [6.07, 6.45) is 5.02. The molecule has 1 aromatic heterocycles. The van der Waals surface area contributed by atoms with E-state index in [2.05, 4.69) is 5.32 Å². The van der Waals surface area contributed by atoms with E-state index in [4.69, 9.17) is 0 Å². The maximum Gasteiger partial charge on any atom is 0.254 e. The lowest BCUT2D eigenvalue weighted by Crippen LogP contribution is -2.46. The fraction of sp³-hybridized carbons (Fsp3) is 0.217. The zero-order valence-electron chi connectivity index (χ0n) is 16.2. The first-order chi connectivity index (χ1) is 14.5. The molecule has 1 N–H and O–H groups in total. The predicted molar refractivity (Wildman–Crippen MR) is 109 cm³/mol. The van der Waals surface area contributed by atoms with Crippen LogP contribution in [0.15, 0.2) is 67.0 Å². The Morgan fingerprint density at radius 3 is 2.23 bits per heavy atom. The number of piperidine rings is 1. The van der Waals surface area contributed by atoms with Gasteiger partial charge < -0.3 is 14.8 Å². The number of halogens is 2. The number of carbonyl (C=O) groups is 2. The quantitative estimate of drug-likeness (QED) is 0.713. The van der Waals surface area contributed by atoms with Gasteiger partial charge in [-0.2, -0.15) is 0 Å². The van der Waals surface area contributed by atoms with Crippen molar-refractivity contribution in [3.63, 3.8) is 0 Å². The van der Waals surface area contributed by atoms with E-state index in [9.17, 15) is 18.4 Å². The van der Waals surface area contributed by atoms with Crippen molar-refractivity contribution in [2.24, 2.45) is 0 Å². The van der Waals surface area contributed by atoms with Gasteiger partial charge in [0.05, 0.1) is 5.56 Å². The number of likely N-dealkylation sites (tertiary alicyclic amines) is 1. The van der Waals surface area contributed by atoms with E-state index in [0.717, 1.165) is 17.8 Å². The van der Waals surface area contributed by atoms with Gasteiger partial charge in [0.25, 0.3) is 11.8 Å². The summed E-state index contributed by atoms with van der Waals surface area (Å²) in [7, 11) is 0. The second-order valence-electron chi connectivity index (χ2n) is 7.30. The summed E-state index contributed by atoms with van der Waals surface area (Å²) in [6, 6.07) is 14.0. The monoisotopic (exact) mass is 409 g/mol. The number of hydrogen-bond donors (Lipinski definition) is 1. The van der Waals surface area contributed by atoms with Gasteiger partial charge in [-0.25, -0.2) is 8.78 Å².